The molecular weight excluding hydrogens is 206 g/mol. The molecule has 1 nitrogen and oxygen atoms in total. The number of aromatic nitrogens is 1. The molecule has 0 aliphatic rings. The van der Waals surface area contributed by atoms with Crippen LogP contribution in [0.3, 0.4) is 0 Å². The van der Waals surface area contributed by atoms with Gasteiger partial charge in [-0.25, -0.2) is 4.98 Å². The van der Waals surface area contributed by atoms with E-state index in [9.17, 15) is 0 Å². The minimum atomic E-state index is 1.01. The fraction of sp³-hybridized carbons (Fsp3) is 0. The van der Waals surface area contributed by atoms with Gasteiger partial charge in [-0.3, -0.25) is 0 Å². The first-order chi connectivity index (χ1) is 8.33. The lowest BCUT2D eigenvalue weighted by atomic mass is 10.1. The molecule has 0 N–H and O–H groups in total. The highest BCUT2D eigenvalue weighted by Crippen LogP contribution is 2.21. The first-order valence-corrected chi connectivity index (χ1v) is 5.61. The highest BCUT2D eigenvalue weighted by molar-refractivity contribution is 5.82. The van der Waals surface area contributed by atoms with Crippen LogP contribution in [-0.2, 0) is 0 Å². The normalized spacial score (nSPS) is 10.6. The van der Waals surface area contributed by atoms with E-state index in [1.807, 2.05) is 30.3 Å². The van der Waals surface area contributed by atoms with E-state index in [2.05, 4.69) is 42.2 Å². The summed E-state index contributed by atoms with van der Waals surface area (Å²) in [6.07, 6.45) is 0. The van der Waals surface area contributed by atoms with Gasteiger partial charge in [0, 0.05) is 10.9 Å². The molecule has 1 heterocycles. The Morgan fingerprint density at radius 2 is 1.65 bits per heavy atom. The standard InChI is InChI=1S/C16H12N/c1-12-7-9-16-14(11-12)8-10-15(17-16)13-5-3-2-4-6-13/h2-11H,1H2. The Hall–Kier alpha value is -2.15. The summed E-state index contributed by atoms with van der Waals surface area (Å²) in [5, 5.41) is 1.14. The van der Waals surface area contributed by atoms with Crippen LogP contribution in [-0.4, -0.2) is 4.98 Å². The van der Waals surface area contributed by atoms with Gasteiger partial charge in [-0.1, -0.05) is 42.5 Å². The van der Waals surface area contributed by atoms with E-state index in [-0.39, 0.29) is 0 Å². The molecule has 1 radical (unpaired) electrons. The smallest absolute Gasteiger partial charge is 0.0709 e. The van der Waals surface area contributed by atoms with E-state index in [1.54, 1.807) is 0 Å². The van der Waals surface area contributed by atoms with Crippen LogP contribution >= 0.6 is 0 Å². The Morgan fingerprint density at radius 3 is 2.47 bits per heavy atom. The first kappa shape index (κ1) is 10.0. The van der Waals surface area contributed by atoms with Gasteiger partial charge in [0.1, 0.15) is 0 Å². The molecule has 0 saturated carbocycles. The maximum Gasteiger partial charge on any atom is 0.0709 e. The van der Waals surface area contributed by atoms with E-state index in [0.717, 1.165) is 27.7 Å². The van der Waals surface area contributed by atoms with Crippen LogP contribution in [0.4, 0.5) is 0 Å². The van der Waals surface area contributed by atoms with Crippen LogP contribution in [0, 0.1) is 6.92 Å². The summed E-state index contributed by atoms with van der Waals surface area (Å²) in [6.45, 7) is 3.92. The lowest BCUT2D eigenvalue weighted by molar-refractivity contribution is 1.39. The summed E-state index contributed by atoms with van der Waals surface area (Å²) in [5.41, 5.74) is 4.19. The summed E-state index contributed by atoms with van der Waals surface area (Å²) in [6, 6.07) is 20.4. The number of rotatable bonds is 1. The molecule has 81 valence electrons. The summed E-state index contributed by atoms with van der Waals surface area (Å²) in [7, 11) is 0. The van der Waals surface area contributed by atoms with Gasteiger partial charge in [-0.05, 0) is 30.7 Å². The molecule has 0 fully saturated rings. The maximum absolute atomic E-state index is 4.66. The van der Waals surface area contributed by atoms with E-state index in [1.165, 1.54) is 0 Å². The molecule has 3 aromatic rings. The number of nitrogens with zero attached hydrogens (tertiary/aromatic N) is 1. The molecular formula is C16H12N. The fourth-order valence-corrected chi connectivity index (χ4v) is 1.94. The van der Waals surface area contributed by atoms with Crippen molar-refractivity contribution in [3.05, 3.63) is 73.2 Å². The SMILES string of the molecule is [CH2]c1ccc2nc(-c3ccccc3)ccc2c1. The molecule has 3 rings (SSSR count). The lowest BCUT2D eigenvalue weighted by Crippen LogP contribution is -1.85. The number of hydrogen-bond donors (Lipinski definition) is 0. The molecule has 0 spiro atoms. The zero-order valence-electron chi connectivity index (χ0n) is 9.43. The molecule has 0 saturated heterocycles. The maximum atomic E-state index is 4.66. The number of hydrogen-bond acceptors (Lipinski definition) is 1. The van der Waals surface area contributed by atoms with Gasteiger partial charge in [-0.2, -0.15) is 0 Å². The summed E-state index contributed by atoms with van der Waals surface area (Å²) in [4.78, 5) is 4.66. The molecule has 2 aromatic carbocycles. The van der Waals surface area contributed by atoms with E-state index in [0.29, 0.717) is 0 Å². The van der Waals surface area contributed by atoms with Crippen molar-refractivity contribution in [2.45, 2.75) is 0 Å². The minimum Gasteiger partial charge on any atom is -0.248 e. The minimum absolute atomic E-state index is 1.01. The average Bonchev–Trinajstić information content (AvgIpc) is 2.39. The van der Waals surface area contributed by atoms with E-state index in [4.69, 9.17) is 0 Å². The van der Waals surface area contributed by atoms with Crippen LogP contribution in [0.5, 0.6) is 0 Å². The van der Waals surface area contributed by atoms with Crippen molar-refractivity contribution in [1.29, 1.82) is 0 Å². The predicted molar refractivity (Wildman–Crippen MR) is 71.6 cm³/mol. The Bertz CT molecular complexity index is 657. The fourth-order valence-electron chi connectivity index (χ4n) is 1.94. The third kappa shape index (κ3) is 1.92. The molecule has 0 amide bonds. The van der Waals surface area contributed by atoms with Crippen molar-refractivity contribution in [2.24, 2.45) is 0 Å². The number of fused-ring (bicyclic) bond motifs is 1. The molecule has 0 atom stereocenters. The van der Waals surface area contributed by atoms with Crippen molar-refractivity contribution in [1.82, 2.24) is 4.98 Å². The quantitative estimate of drug-likeness (QED) is 0.599. The largest absolute Gasteiger partial charge is 0.248 e. The van der Waals surface area contributed by atoms with Crippen LogP contribution in [0.15, 0.2) is 60.7 Å². The summed E-state index contributed by atoms with van der Waals surface area (Å²) >= 11 is 0. The molecule has 17 heavy (non-hydrogen) atoms. The van der Waals surface area contributed by atoms with Gasteiger partial charge in [-0.15, -0.1) is 0 Å². The monoisotopic (exact) mass is 218 g/mol. The van der Waals surface area contributed by atoms with E-state index < -0.39 is 0 Å². The van der Waals surface area contributed by atoms with Crippen molar-refractivity contribution < 1.29 is 0 Å². The van der Waals surface area contributed by atoms with Gasteiger partial charge in [0.2, 0.25) is 0 Å². The summed E-state index contributed by atoms with van der Waals surface area (Å²) < 4.78 is 0. The van der Waals surface area contributed by atoms with Gasteiger partial charge < -0.3 is 0 Å². The highest BCUT2D eigenvalue weighted by atomic mass is 14.7. The second-order valence-electron chi connectivity index (χ2n) is 4.09. The highest BCUT2D eigenvalue weighted by Gasteiger charge is 2.00. The molecule has 0 aliphatic heterocycles. The Balaban J connectivity index is 2.17. The van der Waals surface area contributed by atoms with Crippen molar-refractivity contribution >= 4 is 10.9 Å². The van der Waals surface area contributed by atoms with Gasteiger partial charge in [0.05, 0.1) is 11.2 Å². The van der Waals surface area contributed by atoms with Crippen molar-refractivity contribution in [2.75, 3.05) is 0 Å². The zero-order valence-corrected chi connectivity index (χ0v) is 9.43. The first-order valence-electron chi connectivity index (χ1n) is 5.61. The predicted octanol–water partition coefficient (Wildman–Crippen LogP) is 4.08. The Morgan fingerprint density at radius 1 is 0.824 bits per heavy atom. The third-order valence-electron chi connectivity index (χ3n) is 2.82. The van der Waals surface area contributed by atoms with Crippen LogP contribution in [0.2, 0.25) is 0 Å². The van der Waals surface area contributed by atoms with Crippen molar-refractivity contribution in [3.63, 3.8) is 0 Å². The number of pyridine rings is 1. The Labute approximate surface area is 101 Å². The van der Waals surface area contributed by atoms with Crippen LogP contribution in [0.1, 0.15) is 5.56 Å². The topological polar surface area (TPSA) is 12.9 Å². The lowest BCUT2D eigenvalue weighted by Gasteiger charge is -2.03. The van der Waals surface area contributed by atoms with Gasteiger partial charge in [0.25, 0.3) is 0 Å². The molecule has 0 unspecified atom stereocenters. The van der Waals surface area contributed by atoms with Gasteiger partial charge >= 0.3 is 0 Å². The molecule has 1 aromatic heterocycles. The average molecular weight is 218 g/mol. The molecule has 0 bridgehead atoms. The summed E-state index contributed by atoms with van der Waals surface area (Å²) in [5.74, 6) is 0. The van der Waals surface area contributed by atoms with Crippen molar-refractivity contribution in [3.8, 4) is 11.3 Å². The third-order valence-corrected chi connectivity index (χ3v) is 2.82. The number of benzene rings is 2. The second-order valence-corrected chi connectivity index (χ2v) is 4.09. The second kappa shape index (κ2) is 4.02. The Kier molecular flexibility index (Phi) is 2.37. The molecule has 1 heteroatoms. The van der Waals surface area contributed by atoms with Gasteiger partial charge in [0.15, 0.2) is 0 Å². The van der Waals surface area contributed by atoms with Crippen LogP contribution < -0.4 is 0 Å². The van der Waals surface area contributed by atoms with E-state index >= 15 is 0 Å². The van der Waals surface area contributed by atoms with Crippen LogP contribution in [0.25, 0.3) is 22.2 Å². The molecule has 0 aliphatic carbocycles. The zero-order chi connectivity index (χ0) is 11.7.